The molecule has 1 aliphatic rings. The van der Waals surface area contributed by atoms with E-state index in [9.17, 15) is 4.39 Å². The van der Waals surface area contributed by atoms with Gasteiger partial charge in [0.05, 0.1) is 9.85 Å². The van der Waals surface area contributed by atoms with Crippen molar-refractivity contribution >= 4 is 27.5 Å². The van der Waals surface area contributed by atoms with Gasteiger partial charge in [-0.1, -0.05) is 31.6 Å². The highest BCUT2D eigenvalue weighted by Crippen LogP contribution is 2.38. The van der Waals surface area contributed by atoms with Crippen LogP contribution in [0.4, 0.5) is 4.39 Å². The van der Waals surface area contributed by atoms with Gasteiger partial charge in [-0.15, -0.1) is 11.6 Å². The van der Waals surface area contributed by atoms with Crippen LogP contribution in [-0.4, -0.2) is 5.38 Å². The third-order valence-corrected chi connectivity index (χ3v) is 4.17. The molecule has 1 aromatic rings. The van der Waals surface area contributed by atoms with Crippen LogP contribution in [0.3, 0.4) is 0 Å². The summed E-state index contributed by atoms with van der Waals surface area (Å²) >= 11 is 9.50. The Morgan fingerprint density at radius 3 is 2.78 bits per heavy atom. The molecule has 1 atom stereocenters. The van der Waals surface area contributed by atoms with Gasteiger partial charge in [-0.3, -0.25) is 0 Å². The number of halogens is 3. The fourth-order valence-electron chi connectivity index (χ4n) is 2.62. The van der Waals surface area contributed by atoms with Crippen LogP contribution >= 0.6 is 27.5 Å². The molecule has 0 nitrogen and oxygen atoms in total. The number of alkyl halides is 1. The van der Waals surface area contributed by atoms with E-state index >= 15 is 0 Å². The van der Waals surface area contributed by atoms with Crippen LogP contribution in [0.15, 0.2) is 34.3 Å². The quantitative estimate of drug-likeness (QED) is 0.497. The number of hydrogen-bond donors (Lipinski definition) is 0. The molecule has 0 fully saturated rings. The first-order valence-electron chi connectivity index (χ1n) is 6.13. The van der Waals surface area contributed by atoms with Crippen molar-refractivity contribution in [3.05, 3.63) is 45.7 Å². The molecular formula is C15H17BrClF. The van der Waals surface area contributed by atoms with E-state index < -0.39 is 0 Å². The monoisotopic (exact) mass is 330 g/mol. The van der Waals surface area contributed by atoms with Crippen LogP contribution in [0, 0.1) is 11.2 Å². The van der Waals surface area contributed by atoms with Crippen LogP contribution in [0.2, 0.25) is 0 Å². The molecule has 0 saturated heterocycles. The zero-order chi connectivity index (χ0) is 13.3. The van der Waals surface area contributed by atoms with E-state index in [1.54, 1.807) is 0 Å². The van der Waals surface area contributed by atoms with Gasteiger partial charge in [0, 0.05) is 0 Å². The van der Waals surface area contributed by atoms with Gasteiger partial charge in [0.25, 0.3) is 0 Å². The molecule has 18 heavy (non-hydrogen) atoms. The Bertz CT molecular complexity index is 479. The molecule has 3 heteroatoms. The van der Waals surface area contributed by atoms with Gasteiger partial charge >= 0.3 is 0 Å². The highest BCUT2D eigenvalue weighted by molar-refractivity contribution is 9.10. The Morgan fingerprint density at radius 1 is 1.44 bits per heavy atom. The van der Waals surface area contributed by atoms with Crippen LogP contribution in [0.5, 0.6) is 0 Å². The standard InChI is InChI=1S/C15H17BrClF/c1-15(2)8-11(6-12(17)9-15)5-10-3-4-14(18)13(16)7-10/h3-4,6-7,12H,5,8-9H2,1-2H3. The molecule has 0 aliphatic heterocycles. The topological polar surface area (TPSA) is 0 Å². The minimum atomic E-state index is -0.216. The molecule has 0 heterocycles. The molecule has 1 aromatic carbocycles. The summed E-state index contributed by atoms with van der Waals surface area (Å²) in [6.45, 7) is 4.49. The van der Waals surface area contributed by atoms with Crippen LogP contribution in [-0.2, 0) is 6.42 Å². The molecule has 0 aromatic heterocycles. The summed E-state index contributed by atoms with van der Waals surface area (Å²) in [5.74, 6) is -0.216. The maximum Gasteiger partial charge on any atom is 0.137 e. The number of allylic oxidation sites excluding steroid dienone is 2. The van der Waals surface area contributed by atoms with Gasteiger partial charge < -0.3 is 0 Å². The SMILES string of the molecule is CC1(C)CC(Cc2ccc(F)c(Br)c2)=CC(Cl)C1. The lowest BCUT2D eigenvalue weighted by molar-refractivity contribution is 0.320. The van der Waals surface area contributed by atoms with Gasteiger partial charge in [0.15, 0.2) is 0 Å². The Kier molecular flexibility index (Phi) is 4.18. The van der Waals surface area contributed by atoms with Gasteiger partial charge in [0.1, 0.15) is 5.82 Å². The second-order valence-corrected chi connectivity index (χ2v) is 7.23. The summed E-state index contributed by atoms with van der Waals surface area (Å²) in [7, 11) is 0. The van der Waals surface area contributed by atoms with Gasteiger partial charge in [-0.05, 0) is 58.3 Å². The van der Waals surface area contributed by atoms with E-state index in [0.29, 0.717) is 4.47 Å². The third kappa shape index (κ3) is 3.58. The second kappa shape index (κ2) is 5.34. The van der Waals surface area contributed by atoms with Crippen LogP contribution < -0.4 is 0 Å². The highest BCUT2D eigenvalue weighted by Gasteiger charge is 2.27. The molecule has 2 rings (SSSR count). The van der Waals surface area contributed by atoms with Crippen molar-refractivity contribution in [2.45, 2.75) is 38.5 Å². The van der Waals surface area contributed by atoms with Crippen molar-refractivity contribution in [3.63, 3.8) is 0 Å². The van der Waals surface area contributed by atoms with Crippen molar-refractivity contribution in [2.24, 2.45) is 5.41 Å². The minimum Gasteiger partial charge on any atom is -0.206 e. The Labute approximate surface area is 121 Å². The largest absolute Gasteiger partial charge is 0.206 e. The maximum atomic E-state index is 13.2. The fourth-order valence-corrected chi connectivity index (χ4v) is 3.64. The number of hydrogen-bond acceptors (Lipinski definition) is 0. The van der Waals surface area contributed by atoms with Gasteiger partial charge in [-0.25, -0.2) is 4.39 Å². The second-order valence-electron chi connectivity index (χ2n) is 5.81. The van der Waals surface area contributed by atoms with Gasteiger partial charge in [-0.2, -0.15) is 0 Å². The first-order valence-corrected chi connectivity index (χ1v) is 7.36. The van der Waals surface area contributed by atoms with E-state index in [-0.39, 0.29) is 16.6 Å². The normalized spacial score (nSPS) is 22.7. The smallest absolute Gasteiger partial charge is 0.137 e. The Balaban J connectivity index is 2.16. The van der Waals surface area contributed by atoms with Crippen molar-refractivity contribution in [3.8, 4) is 0 Å². The molecule has 0 radical (unpaired) electrons. The zero-order valence-corrected chi connectivity index (χ0v) is 13.0. The van der Waals surface area contributed by atoms with Crippen LogP contribution in [0.25, 0.3) is 0 Å². The van der Waals surface area contributed by atoms with Crippen molar-refractivity contribution < 1.29 is 4.39 Å². The first kappa shape index (κ1) is 14.1. The molecule has 1 unspecified atom stereocenters. The molecular weight excluding hydrogens is 315 g/mol. The summed E-state index contributed by atoms with van der Waals surface area (Å²) in [5, 5.41) is 0.118. The summed E-state index contributed by atoms with van der Waals surface area (Å²) in [4.78, 5) is 0. The molecule has 0 amide bonds. The predicted molar refractivity (Wildman–Crippen MR) is 78.5 cm³/mol. The Morgan fingerprint density at radius 2 is 2.17 bits per heavy atom. The van der Waals surface area contributed by atoms with E-state index in [2.05, 4.69) is 35.9 Å². The summed E-state index contributed by atoms with van der Waals surface area (Å²) in [6, 6.07) is 5.19. The molecule has 0 bridgehead atoms. The fraction of sp³-hybridized carbons (Fsp3) is 0.467. The minimum absolute atomic E-state index is 0.118. The predicted octanol–water partition coefficient (Wildman–Crippen LogP) is 5.48. The average Bonchev–Trinajstić information content (AvgIpc) is 2.20. The van der Waals surface area contributed by atoms with Crippen molar-refractivity contribution in [1.29, 1.82) is 0 Å². The zero-order valence-electron chi connectivity index (χ0n) is 10.6. The summed E-state index contributed by atoms with van der Waals surface area (Å²) in [6.07, 6.45) is 5.09. The third-order valence-electron chi connectivity index (χ3n) is 3.28. The summed E-state index contributed by atoms with van der Waals surface area (Å²) < 4.78 is 13.7. The molecule has 0 spiro atoms. The molecule has 0 N–H and O–H groups in total. The lowest BCUT2D eigenvalue weighted by Crippen LogP contribution is -2.22. The van der Waals surface area contributed by atoms with E-state index in [4.69, 9.17) is 11.6 Å². The van der Waals surface area contributed by atoms with E-state index in [1.165, 1.54) is 11.6 Å². The maximum absolute atomic E-state index is 13.2. The lowest BCUT2D eigenvalue weighted by Gasteiger charge is -2.32. The van der Waals surface area contributed by atoms with Crippen LogP contribution in [0.1, 0.15) is 32.3 Å². The Hall–Kier alpha value is -0.340. The number of rotatable bonds is 2. The molecule has 0 saturated carbocycles. The van der Waals surface area contributed by atoms with Crippen molar-refractivity contribution in [1.82, 2.24) is 0 Å². The lowest BCUT2D eigenvalue weighted by atomic mass is 9.76. The summed E-state index contributed by atoms with van der Waals surface area (Å²) in [5.41, 5.74) is 2.73. The molecule has 98 valence electrons. The van der Waals surface area contributed by atoms with E-state index in [0.717, 1.165) is 24.8 Å². The molecule has 1 aliphatic carbocycles. The average molecular weight is 332 g/mol. The number of benzene rings is 1. The highest BCUT2D eigenvalue weighted by atomic mass is 79.9. The van der Waals surface area contributed by atoms with Crippen molar-refractivity contribution in [2.75, 3.05) is 0 Å². The van der Waals surface area contributed by atoms with E-state index in [1.807, 2.05) is 12.1 Å². The first-order chi connectivity index (χ1) is 8.35. The van der Waals surface area contributed by atoms with Gasteiger partial charge in [0.2, 0.25) is 0 Å².